The highest BCUT2D eigenvalue weighted by Crippen LogP contribution is 2.40. The normalized spacial score (nSPS) is 17.5. The fourth-order valence-corrected chi connectivity index (χ4v) is 5.09. The van der Waals surface area contributed by atoms with Gasteiger partial charge in [-0.25, -0.2) is 18.0 Å². The topological polar surface area (TPSA) is 35.5 Å². The van der Waals surface area contributed by atoms with Gasteiger partial charge in [-0.1, -0.05) is 44.0 Å². The van der Waals surface area contributed by atoms with Crippen molar-refractivity contribution in [3.05, 3.63) is 82.9 Å². The number of carbonyl (C=O) groups is 1. The molecule has 0 heterocycles. The Balaban J connectivity index is 1.47. The average molecular weight is 515 g/mol. The molecule has 0 aromatic heterocycles. The number of carbonyl (C=O) groups excluding carboxylic acids is 1. The van der Waals surface area contributed by atoms with Crippen molar-refractivity contribution in [2.45, 2.75) is 58.3 Å². The Hall–Kier alpha value is -3.35. The van der Waals surface area contributed by atoms with Crippen LogP contribution in [0.2, 0.25) is 0 Å². The zero-order chi connectivity index (χ0) is 26.5. The number of hydrogen-bond donors (Lipinski definition) is 0. The fourth-order valence-electron chi connectivity index (χ4n) is 5.09. The lowest BCUT2D eigenvalue weighted by atomic mass is 9.77. The molecule has 0 amide bonds. The van der Waals surface area contributed by atoms with E-state index in [1.54, 1.807) is 19.1 Å². The first-order valence-electron chi connectivity index (χ1n) is 12.7. The summed E-state index contributed by atoms with van der Waals surface area (Å²) >= 11 is 0. The molecule has 0 spiro atoms. The van der Waals surface area contributed by atoms with Crippen molar-refractivity contribution in [3.8, 4) is 22.6 Å². The van der Waals surface area contributed by atoms with E-state index in [4.69, 9.17) is 9.47 Å². The molecule has 0 saturated heterocycles. The third-order valence-corrected chi connectivity index (χ3v) is 7.04. The summed E-state index contributed by atoms with van der Waals surface area (Å²) in [4.78, 5) is 12.4. The van der Waals surface area contributed by atoms with Gasteiger partial charge in [0.1, 0.15) is 5.75 Å². The smallest absolute Gasteiger partial charge is 0.346 e. The summed E-state index contributed by atoms with van der Waals surface area (Å²) in [7, 11) is 0. The first-order chi connectivity index (χ1) is 17.8. The molecule has 3 aromatic rings. The number of benzene rings is 3. The lowest BCUT2D eigenvalue weighted by Crippen LogP contribution is -2.15. The lowest BCUT2D eigenvalue weighted by molar-refractivity contribution is 0.0728. The van der Waals surface area contributed by atoms with Gasteiger partial charge in [0.2, 0.25) is 5.82 Å². The second-order valence-corrected chi connectivity index (χ2v) is 9.42. The van der Waals surface area contributed by atoms with Gasteiger partial charge in [0.05, 0.1) is 12.2 Å². The predicted molar refractivity (Wildman–Crippen MR) is 134 cm³/mol. The fraction of sp³-hybridized carbons (Fsp3) is 0.367. The van der Waals surface area contributed by atoms with E-state index >= 15 is 8.78 Å². The SMILES string of the molecule is CCCC1CCC(c2ccc(-c3ccc(OC(=O)c4ccc(OCC)c(F)c4F)cc3)c(F)c2F)CC1. The van der Waals surface area contributed by atoms with Gasteiger partial charge in [0, 0.05) is 5.56 Å². The molecule has 1 saturated carbocycles. The molecule has 0 atom stereocenters. The van der Waals surface area contributed by atoms with E-state index in [9.17, 15) is 13.6 Å². The zero-order valence-electron chi connectivity index (χ0n) is 21.0. The quantitative estimate of drug-likeness (QED) is 0.172. The Morgan fingerprint density at radius 2 is 1.51 bits per heavy atom. The van der Waals surface area contributed by atoms with Crippen molar-refractivity contribution in [1.29, 1.82) is 0 Å². The van der Waals surface area contributed by atoms with Crippen LogP contribution in [0, 0.1) is 29.2 Å². The molecular weight excluding hydrogens is 484 g/mol. The van der Waals surface area contributed by atoms with Crippen LogP contribution >= 0.6 is 0 Å². The highest BCUT2D eigenvalue weighted by Gasteiger charge is 2.26. The summed E-state index contributed by atoms with van der Waals surface area (Å²) in [5.74, 6) is -5.04. The highest BCUT2D eigenvalue weighted by molar-refractivity contribution is 5.91. The second-order valence-electron chi connectivity index (χ2n) is 9.42. The van der Waals surface area contributed by atoms with Gasteiger partial charge in [-0.3, -0.25) is 0 Å². The monoisotopic (exact) mass is 514 g/mol. The summed E-state index contributed by atoms with van der Waals surface area (Å²) in [6, 6.07) is 11.2. The van der Waals surface area contributed by atoms with E-state index in [-0.39, 0.29) is 29.6 Å². The van der Waals surface area contributed by atoms with Crippen LogP contribution in [-0.2, 0) is 0 Å². The van der Waals surface area contributed by atoms with Crippen molar-refractivity contribution in [3.63, 3.8) is 0 Å². The molecule has 0 bridgehead atoms. The molecule has 196 valence electrons. The Bertz CT molecular complexity index is 1250. The van der Waals surface area contributed by atoms with Gasteiger partial charge in [-0.15, -0.1) is 0 Å². The number of esters is 1. The van der Waals surface area contributed by atoms with Crippen molar-refractivity contribution >= 4 is 5.97 Å². The maximum atomic E-state index is 15.1. The molecule has 1 aliphatic carbocycles. The number of ether oxygens (including phenoxy) is 2. The van der Waals surface area contributed by atoms with Crippen LogP contribution in [0.4, 0.5) is 17.6 Å². The van der Waals surface area contributed by atoms with Gasteiger partial charge in [-0.05, 0) is 79.8 Å². The highest BCUT2D eigenvalue weighted by atomic mass is 19.2. The average Bonchev–Trinajstić information content (AvgIpc) is 2.90. The number of halogens is 4. The lowest BCUT2D eigenvalue weighted by Gasteiger charge is -2.29. The first-order valence-corrected chi connectivity index (χ1v) is 12.7. The van der Waals surface area contributed by atoms with Gasteiger partial charge in [0.15, 0.2) is 23.2 Å². The van der Waals surface area contributed by atoms with Crippen LogP contribution in [0.3, 0.4) is 0 Å². The third-order valence-electron chi connectivity index (χ3n) is 7.04. The maximum Gasteiger partial charge on any atom is 0.346 e. The van der Waals surface area contributed by atoms with Gasteiger partial charge in [0.25, 0.3) is 0 Å². The van der Waals surface area contributed by atoms with E-state index in [1.807, 2.05) is 0 Å². The Morgan fingerprint density at radius 1 is 0.811 bits per heavy atom. The summed E-state index contributed by atoms with van der Waals surface area (Å²) < 4.78 is 68.6. The third kappa shape index (κ3) is 5.81. The Morgan fingerprint density at radius 3 is 2.16 bits per heavy atom. The van der Waals surface area contributed by atoms with Crippen molar-refractivity contribution in [2.24, 2.45) is 5.92 Å². The van der Waals surface area contributed by atoms with E-state index in [1.165, 1.54) is 30.7 Å². The largest absolute Gasteiger partial charge is 0.491 e. The van der Waals surface area contributed by atoms with Crippen molar-refractivity contribution in [2.75, 3.05) is 6.61 Å². The summed E-state index contributed by atoms with van der Waals surface area (Å²) in [5, 5.41) is 0. The Labute approximate surface area is 214 Å². The van der Waals surface area contributed by atoms with Crippen molar-refractivity contribution in [1.82, 2.24) is 0 Å². The number of rotatable bonds is 8. The second kappa shape index (κ2) is 11.8. The van der Waals surface area contributed by atoms with Crippen LogP contribution in [0.1, 0.15) is 74.2 Å². The standard InChI is InChI=1S/C30H30F4O3/c1-3-5-18-6-8-19(9-7-18)22-14-15-23(27(32)26(22)31)20-10-12-21(13-11-20)37-30(35)24-16-17-25(36-4-2)29(34)28(24)33/h10-19H,3-9H2,1-2H3. The van der Waals surface area contributed by atoms with E-state index in [0.29, 0.717) is 17.0 Å². The van der Waals surface area contributed by atoms with E-state index in [0.717, 1.165) is 44.2 Å². The van der Waals surface area contributed by atoms with Crippen LogP contribution in [-0.4, -0.2) is 12.6 Å². The molecule has 4 rings (SSSR count). The van der Waals surface area contributed by atoms with Gasteiger partial charge in [-0.2, -0.15) is 4.39 Å². The van der Waals surface area contributed by atoms with Crippen molar-refractivity contribution < 1.29 is 31.8 Å². The van der Waals surface area contributed by atoms with Gasteiger partial charge >= 0.3 is 5.97 Å². The van der Waals surface area contributed by atoms with Crippen LogP contribution in [0.15, 0.2) is 48.5 Å². The minimum absolute atomic E-state index is 0.0197. The molecule has 3 aromatic carbocycles. The number of hydrogen-bond acceptors (Lipinski definition) is 3. The van der Waals surface area contributed by atoms with E-state index < -0.39 is 34.8 Å². The predicted octanol–water partition coefficient (Wildman–Crippen LogP) is 8.60. The van der Waals surface area contributed by atoms with Crippen LogP contribution in [0.25, 0.3) is 11.1 Å². The molecule has 37 heavy (non-hydrogen) atoms. The Kier molecular flexibility index (Phi) is 8.52. The molecular formula is C30H30F4O3. The summed E-state index contributed by atoms with van der Waals surface area (Å²) in [6.07, 6.45) is 6.11. The van der Waals surface area contributed by atoms with Crippen LogP contribution in [0.5, 0.6) is 11.5 Å². The van der Waals surface area contributed by atoms with Gasteiger partial charge < -0.3 is 9.47 Å². The molecule has 0 radical (unpaired) electrons. The summed E-state index contributed by atoms with van der Waals surface area (Å²) in [5.41, 5.74) is 0.329. The maximum absolute atomic E-state index is 15.1. The van der Waals surface area contributed by atoms with Crippen LogP contribution < -0.4 is 9.47 Å². The molecule has 3 nitrogen and oxygen atoms in total. The minimum atomic E-state index is -1.37. The molecule has 0 aliphatic heterocycles. The zero-order valence-corrected chi connectivity index (χ0v) is 21.0. The van der Waals surface area contributed by atoms with E-state index in [2.05, 4.69) is 6.92 Å². The molecule has 1 fully saturated rings. The minimum Gasteiger partial charge on any atom is -0.491 e. The summed E-state index contributed by atoms with van der Waals surface area (Å²) in [6.45, 7) is 3.93. The molecule has 1 aliphatic rings. The first kappa shape index (κ1) is 26.7. The molecule has 0 N–H and O–H groups in total. The molecule has 7 heteroatoms. The molecule has 0 unspecified atom stereocenters.